The molecule has 0 spiro atoms. The molecule has 0 aliphatic carbocycles. The maximum atomic E-state index is 12.3. The Morgan fingerprint density at radius 2 is 2.33 bits per heavy atom. The Morgan fingerprint density at radius 1 is 1.57 bits per heavy atom. The van der Waals surface area contributed by atoms with Crippen LogP contribution in [0.15, 0.2) is 17.5 Å². The molecule has 1 aliphatic heterocycles. The topological polar surface area (TPSA) is 109 Å². The number of hydrogen-bond acceptors (Lipinski definition) is 5. The van der Waals surface area contributed by atoms with Crippen LogP contribution in [-0.2, 0) is 11.3 Å². The molecule has 0 aromatic carbocycles. The molecule has 0 saturated carbocycles. The molecule has 9 nitrogen and oxygen atoms in total. The van der Waals surface area contributed by atoms with E-state index in [0.717, 1.165) is 0 Å². The standard InChI is InChI=1S/C12H19N7O2/c1-12(2,3)21-11(20)19-7-9(15-16-13)6-10(19)8-18-5-4-14-17-18/h4-5,9-10H,6-8H2,1-3H3/t9?,10-/m0/s1. The normalized spacial score (nSPS) is 22.0. The van der Waals surface area contributed by atoms with Gasteiger partial charge in [0.15, 0.2) is 0 Å². The van der Waals surface area contributed by atoms with Gasteiger partial charge in [0, 0.05) is 17.7 Å². The molecule has 114 valence electrons. The van der Waals surface area contributed by atoms with E-state index in [1.54, 1.807) is 22.0 Å². The predicted octanol–water partition coefficient (Wildman–Crippen LogP) is 1.97. The number of ether oxygens (including phenoxy) is 1. The average Bonchev–Trinajstić information content (AvgIpc) is 2.98. The minimum absolute atomic E-state index is 0.128. The predicted molar refractivity (Wildman–Crippen MR) is 74.3 cm³/mol. The van der Waals surface area contributed by atoms with E-state index in [4.69, 9.17) is 10.3 Å². The van der Waals surface area contributed by atoms with Crippen LogP contribution in [-0.4, -0.2) is 50.2 Å². The molecule has 2 atom stereocenters. The number of azide groups is 1. The Morgan fingerprint density at radius 3 is 2.90 bits per heavy atom. The van der Waals surface area contributed by atoms with Gasteiger partial charge in [-0.05, 0) is 32.7 Å². The molecular formula is C12H19N7O2. The molecule has 0 N–H and O–H groups in total. The number of amides is 1. The van der Waals surface area contributed by atoms with E-state index in [0.29, 0.717) is 19.5 Å². The largest absolute Gasteiger partial charge is 0.444 e. The van der Waals surface area contributed by atoms with Gasteiger partial charge in [0.05, 0.1) is 24.8 Å². The number of nitrogens with zero attached hydrogens (tertiary/aromatic N) is 7. The van der Waals surface area contributed by atoms with Gasteiger partial charge in [-0.1, -0.05) is 10.3 Å². The summed E-state index contributed by atoms with van der Waals surface area (Å²) in [7, 11) is 0. The second-order valence-corrected chi connectivity index (χ2v) is 6.01. The van der Waals surface area contributed by atoms with Crippen molar-refractivity contribution in [2.45, 2.75) is 51.4 Å². The third-order valence-corrected chi connectivity index (χ3v) is 3.11. The van der Waals surface area contributed by atoms with Gasteiger partial charge in [-0.15, -0.1) is 5.10 Å². The van der Waals surface area contributed by atoms with Gasteiger partial charge >= 0.3 is 6.09 Å². The Bertz CT molecular complexity index is 530. The number of likely N-dealkylation sites (tertiary alicyclic amines) is 1. The van der Waals surface area contributed by atoms with Crippen LogP contribution in [0.2, 0.25) is 0 Å². The second kappa shape index (κ2) is 6.01. The maximum Gasteiger partial charge on any atom is 0.410 e. The monoisotopic (exact) mass is 293 g/mol. The lowest BCUT2D eigenvalue weighted by molar-refractivity contribution is 0.0209. The van der Waals surface area contributed by atoms with Gasteiger partial charge in [0.1, 0.15) is 5.60 Å². The van der Waals surface area contributed by atoms with Gasteiger partial charge in [-0.25, -0.2) is 4.79 Å². The molecule has 1 amide bonds. The van der Waals surface area contributed by atoms with Crippen molar-refractivity contribution in [2.24, 2.45) is 5.11 Å². The second-order valence-electron chi connectivity index (χ2n) is 6.01. The molecular weight excluding hydrogens is 274 g/mol. The summed E-state index contributed by atoms with van der Waals surface area (Å²) >= 11 is 0. The molecule has 1 aliphatic rings. The highest BCUT2D eigenvalue weighted by Crippen LogP contribution is 2.24. The molecule has 9 heteroatoms. The third-order valence-electron chi connectivity index (χ3n) is 3.11. The number of aromatic nitrogens is 3. The van der Waals surface area contributed by atoms with Gasteiger partial charge in [0.25, 0.3) is 0 Å². The molecule has 2 heterocycles. The van der Waals surface area contributed by atoms with Crippen LogP contribution in [0.4, 0.5) is 4.79 Å². The van der Waals surface area contributed by atoms with Crippen molar-refractivity contribution in [1.29, 1.82) is 0 Å². The van der Waals surface area contributed by atoms with Crippen LogP contribution in [0.5, 0.6) is 0 Å². The number of carbonyl (C=O) groups excluding carboxylic acids is 1. The Kier molecular flexibility index (Phi) is 4.32. The van der Waals surface area contributed by atoms with Gasteiger partial charge in [0.2, 0.25) is 0 Å². The first-order valence-electron chi connectivity index (χ1n) is 6.77. The van der Waals surface area contributed by atoms with Crippen LogP contribution in [0.1, 0.15) is 27.2 Å². The third kappa shape index (κ3) is 4.09. The van der Waals surface area contributed by atoms with E-state index >= 15 is 0 Å². The zero-order valence-electron chi connectivity index (χ0n) is 12.4. The molecule has 0 bridgehead atoms. The molecule has 1 fully saturated rings. The zero-order chi connectivity index (χ0) is 15.5. The van der Waals surface area contributed by atoms with Crippen LogP contribution in [0, 0.1) is 0 Å². The molecule has 1 unspecified atom stereocenters. The Hall–Kier alpha value is -2.28. The van der Waals surface area contributed by atoms with Crippen molar-refractivity contribution >= 4 is 6.09 Å². The van der Waals surface area contributed by atoms with E-state index in [9.17, 15) is 4.79 Å². The number of rotatable bonds is 3. The first-order valence-corrected chi connectivity index (χ1v) is 6.77. The van der Waals surface area contributed by atoms with Crippen LogP contribution in [0.25, 0.3) is 10.4 Å². The smallest absolute Gasteiger partial charge is 0.410 e. The Labute approximate surface area is 122 Å². The lowest BCUT2D eigenvalue weighted by atomic mass is 10.2. The fourth-order valence-corrected chi connectivity index (χ4v) is 2.31. The highest BCUT2D eigenvalue weighted by atomic mass is 16.6. The van der Waals surface area contributed by atoms with Crippen molar-refractivity contribution in [2.75, 3.05) is 6.54 Å². The molecule has 0 radical (unpaired) electrons. The van der Waals surface area contributed by atoms with Crippen molar-refractivity contribution in [3.63, 3.8) is 0 Å². The number of hydrogen-bond donors (Lipinski definition) is 0. The summed E-state index contributed by atoms with van der Waals surface area (Å²) in [5.74, 6) is 0. The molecule has 1 aromatic heterocycles. The summed E-state index contributed by atoms with van der Waals surface area (Å²) in [6, 6.07) is -0.368. The fraction of sp³-hybridized carbons (Fsp3) is 0.750. The van der Waals surface area contributed by atoms with Gasteiger partial charge < -0.3 is 9.64 Å². The molecule has 1 saturated heterocycles. The molecule has 2 rings (SSSR count). The van der Waals surface area contributed by atoms with E-state index in [-0.39, 0.29) is 12.1 Å². The summed E-state index contributed by atoms with van der Waals surface area (Å²) < 4.78 is 7.06. The van der Waals surface area contributed by atoms with E-state index in [1.807, 2.05) is 20.8 Å². The average molecular weight is 293 g/mol. The summed E-state index contributed by atoms with van der Waals surface area (Å²) in [6.07, 6.45) is 3.50. The number of carbonyl (C=O) groups is 1. The minimum atomic E-state index is -0.564. The zero-order valence-corrected chi connectivity index (χ0v) is 12.4. The van der Waals surface area contributed by atoms with Crippen LogP contribution in [0.3, 0.4) is 0 Å². The van der Waals surface area contributed by atoms with Gasteiger partial charge in [-0.2, -0.15) is 0 Å². The van der Waals surface area contributed by atoms with E-state index in [2.05, 4.69) is 20.3 Å². The van der Waals surface area contributed by atoms with Crippen molar-refractivity contribution < 1.29 is 9.53 Å². The van der Waals surface area contributed by atoms with Gasteiger partial charge in [-0.3, -0.25) is 4.68 Å². The van der Waals surface area contributed by atoms with E-state index < -0.39 is 11.7 Å². The minimum Gasteiger partial charge on any atom is -0.444 e. The maximum absolute atomic E-state index is 12.3. The quantitative estimate of drug-likeness (QED) is 0.482. The fourth-order valence-electron chi connectivity index (χ4n) is 2.31. The Balaban J connectivity index is 2.10. The molecule has 21 heavy (non-hydrogen) atoms. The summed E-state index contributed by atoms with van der Waals surface area (Å²) in [6.45, 7) is 6.31. The highest BCUT2D eigenvalue weighted by Gasteiger charge is 2.37. The van der Waals surface area contributed by atoms with Crippen LogP contribution < -0.4 is 0 Å². The van der Waals surface area contributed by atoms with Crippen molar-refractivity contribution in [1.82, 2.24) is 19.9 Å². The van der Waals surface area contributed by atoms with Crippen LogP contribution >= 0.6 is 0 Å². The first-order chi connectivity index (χ1) is 9.89. The van der Waals surface area contributed by atoms with Crippen molar-refractivity contribution in [3.8, 4) is 0 Å². The lowest BCUT2D eigenvalue weighted by Gasteiger charge is -2.28. The summed E-state index contributed by atoms with van der Waals surface area (Å²) in [5, 5.41) is 11.4. The summed E-state index contributed by atoms with van der Waals surface area (Å²) in [5.41, 5.74) is 8.01. The lowest BCUT2D eigenvalue weighted by Crippen LogP contribution is -2.41. The van der Waals surface area contributed by atoms with Crippen molar-refractivity contribution in [3.05, 3.63) is 22.8 Å². The SMILES string of the molecule is CC(C)(C)OC(=O)N1CC(N=[N+]=[N-])C[C@H]1Cn1ccnn1. The van der Waals surface area contributed by atoms with E-state index in [1.165, 1.54) is 0 Å². The highest BCUT2D eigenvalue weighted by molar-refractivity contribution is 5.69. The molecule has 1 aromatic rings. The first kappa shape index (κ1) is 15.1. The summed E-state index contributed by atoms with van der Waals surface area (Å²) in [4.78, 5) is 16.7.